The van der Waals surface area contributed by atoms with E-state index in [1.807, 2.05) is 13.1 Å². The summed E-state index contributed by atoms with van der Waals surface area (Å²) in [5.41, 5.74) is 0.443. The Bertz CT molecular complexity index is 612. The fourth-order valence-electron chi connectivity index (χ4n) is 1.85. The van der Waals surface area contributed by atoms with Crippen molar-refractivity contribution < 1.29 is 9.53 Å². The number of aryl methyl sites for hydroxylation is 1. The number of carbonyl (C=O) groups excluding carboxylic acids is 1. The molecule has 0 aromatic carbocycles. The second kappa shape index (κ2) is 7.17. The van der Waals surface area contributed by atoms with Crippen molar-refractivity contribution in [1.82, 2.24) is 9.97 Å². The number of anilines is 1. The molecule has 0 amide bonds. The monoisotopic (exact) mass is 305 g/mol. The van der Waals surface area contributed by atoms with Gasteiger partial charge in [-0.1, -0.05) is 6.92 Å². The predicted octanol–water partition coefficient (Wildman–Crippen LogP) is 3.45. The molecule has 2 aromatic rings. The van der Waals surface area contributed by atoms with Crippen molar-refractivity contribution >= 4 is 23.1 Å². The zero-order chi connectivity index (χ0) is 15.2. The van der Waals surface area contributed by atoms with E-state index in [0.29, 0.717) is 18.0 Å². The zero-order valence-electron chi connectivity index (χ0n) is 12.4. The largest absolute Gasteiger partial charge is 0.462 e. The van der Waals surface area contributed by atoms with Gasteiger partial charge in [-0.25, -0.2) is 14.8 Å². The Hall–Kier alpha value is -1.95. The molecule has 0 saturated heterocycles. The van der Waals surface area contributed by atoms with Crippen LogP contribution in [0.15, 0.2) is 24.5 Å². The highest BCUT2D eigenvalue weighted by atomic mass is 32.1. The number of aromatic nitrogens is 2. The lowest BCUT2D eigenvalue weighted by molar-refractivity contribution is 0.0527. The minimum absolute atomic E-state index is 0.0154. The molecular formula is C15H19N3O2S. The number of hydrogen-bond acceptors (Lipinski definition) is 6. The van der Waals surface area contributed by atoms with E-state index in [0.717, 1.165) is 11.4 Å². The van der Waals surface area contributed by atoms with E-state index in [1.165, 1.54) is 4.88 Å². The second-order valence-corrected chi connectivity index (χ2v) is 5.65. The summed E-state index contributed by atoms with van der Waals surface area (Å²) in [7, 11) is 0. The quantitative estimate of drug-likeness (QED) is 0.828. The first kappa shape index (κ1) is 15.4. The third kappa shape index (κ3) is 3.78. The summed E-state index contributed by atoms with van der Waals surface area (Å²) in [5, 5.41) is 4.22. The van der Waals surface area contributed by atoms with Crippen LogP contribution >= 0.6 is 11.3 Å². The van der Waals surface area contributed by atoms with Gasteiger partial charge in [0.15, 0.2) is 0 Å². The van der Waals surface area contributed by atoms with Crippen LogP contribution in [-0.4, -0.2) is 22.5 Å². The lowest BCUT2D eigenvalue weighted by atomic mass is 10.2. The summed E-state index contributed by atoms with van der Waals surface area (Å²) < 4.78 is 5.05. The summed E-state index contributed by atoms with van der Waals surface area (Å²) >= 11 is 1.67. The first-order chi connectivity index (χ1) is 10.2. The minimum Gasteiger partial charge on any atom is -0.462 e. The normalized spacial score (nSPS) is 12.0. The Kier molecular flexibility index (Phi) is 5.27. The SMILES string of the molecule is CCOC(=O)c1cccnc1NC(C)c1ncc(CC)s1. The molecular weight excluding hydrogens is 286 g/mol. The number of ether oxygens (including phenoxy) is 1. The summed E-state index contributed by atoms with van der Waals surface area (Å²) in [6, 6.07) is 3.42. The molecule has 2 rings (SSSR count). The molecule has 0 radical (unpaired) electrons. The molecule has 0 saturated carbocycles. The van der Waals surface area contributed by atoms with E-state index in [-0.39, 0.29) is 12.0 Å². The summed E-state index contributed by atoms with van der Waals surface area (Å²) in [6.45, 7) is 6.23. The topological polar surface area (TPSA) is 64.1 Å². The molecule has 0 fully saturated rings. The van der Waals surface area contributed by atoms with Crippen molar-refractivity contribution in [3.63, 3.8) is 0 Å². The van der Waals surface area contributed by atoms with E-state index < -0.39 is 0 Å². The zero-order valence-corrected chi connectivity index (χ0v) is 13.2. The van der Waals surface area contributed by atoms with Gasteiger partial charge in [-0.2, -0.15) is 0 Å². The first-order valence-corrected chi connectivity index (χ1v) is 7.80. The molecule has 0 aliphatic carbocycles. The second-order valence-electron chi connectivity index (χ2n) is 4.50. The van der Waals surface area contributed by atoms with Gasteiger partial charge in [-0.15, -0.1) is 11.3 Å². The van der Waals surface area contributed by atoms with Crippen LogP contribution in [0.1, 0.15) is 47.1 Å². The van der Waals surface area contributed by atoms with Gasteiger partial charge in [-0.05, 0) is 32.4 Å². The van der Waals surface area contributed by atoms with Gasteiger partial charge in [0.05, 0.1) is 12.6 Å². The third-order valence-electron chi connectivity index (χ3n) is 2.95. The fourth-order valence-corrected chi connectivity index (χ4v) is 2.71. The number of hydrogen-bond donors (Lipinski definition) is 1. The number of carbonyl (C=O) groups is 1. The molecule has 0 spiro atoms. The van der Waals surface area contributed by atoms with Gasteiger partial charge < -0.3 is 10.1 Å². The Morgan fingerprint density at radius 2 is 2.24 bits per heavy atom. The highest BCUT2D eigenvalue weighted by molar-refractivity contribution is 7.11. The van der Waals surface area contributed by atoms with Crippen LogP contribution in [-0.2, 0) is 11.2 Å². The maximum Gasteiger partial charge on any atom is 0.341 e. The average Bonchev–Trinajstić information content (AvgIpc) is 2.97. The number of pyridine rings is 1. The minimum atomic E-state index is -0.367. The third-order valence-corrected chi connectivity index (χ3v) is 4.27. The van der Waals surface area contributed by atoms with Crippen molar-refractivity contribution in [1.29, 1.82) is 0 Å². The maximum absolute atomic E-state index is 11.9. The summed E-state index contributed by atoms with van der Waals surface area (Å²) in [4.78, 5) is 21.8. The van der Waals surface area contributed by atoms with E-state index >= 15 is 0 Å². The molecule has 5 nitrogen and oxygen atoms in total. The summed E-state index contributed by atoms with van der Waals surface area (Å²) in [5.74, 6) is 0.158. The average molecular weight is 305 g/mol. The number of rotatable bonds is 6. The number of nitrogens with zero attached hydrogens (tertiary/aromatic N) is 2. The number of thiazole rings is 1. The molecule has 1 unspecified atom stereocenters. The van der Waals surface area contributed by atoms with Gasteiger partial charge in [-0.3, -0.25) is 0 Å². The molecule has 1 atom stereocenters. The standard InChI is InChI=1S/C15H19N3O2S/c1-4-11-9-17-14(21-11)10(3)18-13-12(7-6-8-16-13)15(19)20-5-2/h6-10H,4-5H2,1-3H3,(H,16,18). The van der Waals surface area contributed by atoms with Crippen LogP contribution < -0.4 is 5.32 Å². The van der Waals surface area contributed by atoms with E-state index in [4.69, 9.17) is 4.74 Å². The maximum atomic E-state index is 11.9. The van der Waals surface area contributed by atoms with Crippen molar-refractivity contribution in [3.05, 3.63) is 40.0 Å². The Morgan fingerprint density at radius 3 is 2.90 bits per heavy atom. The lowest BCUT2D eigenvalue weighted by Gasteiger charge is -2.14. The van der Waals surface area contributed by atoms with E-state index in [9.17, 15) is 4.79 Å². The highest BCUT2D eigenvalue weighted by Gasteiger charge is 2.17. The molecule has 0 aliphatic rings. The molecule has 6 heteroatoms. The number of nitrogens with one attached hydrogen (secondary N) is 1. The molecule has 0 bridgehead atoms. The lowest BCUT2D eigenvalue weighted by Crippen LogP contribution is -2.13. The molecule has 0 aliphatic heterocycles. The molecule has 21 heavy (non-hydrogen) atoms. The van der Waals surface area contributed by atoms with Gasteiger partial charge in [0, 0.05) is 17.3 Å². The van der Waals surface area contributed by atoms with Gasteiger partial charge in [0.1, 0.15) is 16.4 Å². The molecule has 2 aromatic heterocycles. The molecule has 2 heterocycles. The van der Waals surface area contributed by atoms with Gasteiger partial charge in [0.2, 0.25) is 0 Å². The Labute approximate surface area is 128 Å². The van der Waals surface area contributed by atoms with Crippen molar-refractivity contribution in [2.24, 2.45) is 0 Å². The van der Waals surface area contributed by atoms with Crippen molar-refractivity contribution in [3.8, 4) is 0 Å². The van der Waals surface area contributed by atoms with Gasteiger partial charge >= 0.3 is 5.97 Å². The first-order valence-electron chi connectivity index (χ1n) is 6.99. The fraction of sp³-hybridized carbons (Fsp3) is 0.400. The van der Waals surface area contributed by atoms with Crippen LogP contribution in [0.25, 0.3) is 0 Å². The van der Waals surface area contributed by atoms with Crippen LogP contribution in [0.5, 0.6) is 0 Å². The highest BCUT2D eigenvalue weighted by Crippen LogP contribution is 2.24. The van der Waals surface area contributed by atoms with Gasteiger partial charge in [0.25, 0.3) is 0 Å². The smallest absolute Gasteiger partial charge is 0.341 e. The van der Waals surface area contributed by atoms with Crippen LogP contribution in [0, 0.1) is 0 Å². The van der Waals surface area contributed by atoms with Crippen LogP contribution in [0.2, 0.25) is 0 Å². The van der Waals surface area contributed by atoms with Crippen molar-refractivity contribution in [2.75, 3.05) is 11.9 Å². The summed E-state index contributed by atoms with van der Waals surface area (Å²) in [6.07, 6.45) is 4.52. The predicted molar refractivity (Wildman–Crippen MR) is 83.7 cm³/mol. The van der Waals surface area contributed by atoms with Crippen LogP contribution in [0.3, 0.4) is 0 Å². The van der Waals surface area contributed by atoms with E-state index in [2.05, 4.69) is 22.2 Å². The Morgan fingerprint density at radius 1 is 1.43 bits per heavy atom. The Balaban J connectivity index is 2.17. The van der Waals surface area contributed by atoms with Crippen molar-refractivity contribution in [2.45, 2.75) is 33.2 Å². The number of esters is 1. The molecule has 112 valence electrons. The van der Waals surface area contributed by atoms with E-state index in [1.54, 1.807) is 36.6 Å². The van der Waals surface area contributed by atoms with Crippen LogP contribution in [0.4, 0.5) is 5.82 Å². The molecule has 1 N–H and O–H groups in total.